The van der Waals surface area contributed by atoms with Gasteiger partial charge in [-0.15, -0.1) is 0 Å². The number of anilines is 1. The van der Waals surface area contributed by atoms with E-state index < -0.39 is 46.4 Å². The van der Waals surface area contributed by atoms with Gasteiger partial charge in [0.1, 0.15) is 5.03 Å². The number of carbonyl (C=O) groups is 2. The molecule has 4 nitrogen and oxygen atoms in total. The van der Waals surface area contributed by atoms with Crippen LogP contribution in [0.15, 0.2) is 28.9 Å². The molecule has 4 aliphatic rings. The highest BCUT2D eigenvalue weighted by atomic mass is 35.5. The van der Waals surface area contributed by atoms with E-state index in [0.717, 1.165) is 12.1 Å². The molecule has 11 heteroatoms. The van der Waals surface area contributed by atoms with Crippen LogP contribution in [0.2, 0.25) is 0 Å². The number of amides is 1. The molecule has 0 bridgehead atoms. The highest BCUT2D eigenvalue weighted by molar-refractivity contribution is 6.43. The molecule has 1 amide bonds. The number of allylic oxidation sites excluding steroid dienone is 2. The van der Waals surface area contributed by atoms with Crippen molar-refractivity contribution in [1.29, 1.82) is 0 Å². The van der Waals surface area contributed by atoms with Crippen LogP contribution in [0.3, 0.4) is 0 Å². The van der Waals surface area contributed by atoms with E-state index in [-0.39, 0.29) is 34.0 Å². The van der Waals surface area contributed by atoms with Crippen molar-refractivity contribution < 1.29 is 35.9 Å². The summed E-state index contributed by atoms with van der Waals surface area (Å²) >= 11 is 6.39. The standard InChI is InChI=1S/C27H29ClF6N2O2/c1-24-9-7-16-14(12-35-22-21(28)20(37)8-10-25(16,22)2)15(24)5-6-18(24)23(38)36-19-11-13(26(29,30)31)3-4-17(19)27(32,33)34/h3-4,11,14-16,18,35H,5-10,12H2,1-2H3,(H,36,38)/t14-,15-,16-,18+,24-,25+/m0/s1. The van der Waals surface area contributed by atoms with Gasteiger partial charge in [-0.3, -0.25) is 9.59 Å². The number of hydrogen-bond donors (Lipinski definition) is 2. The zero-order chi connectivity index (χ0) is 27.8. The number of fused-ring (bicyclic) bond motifs is 5. The molecule has 3 fully saturated rings. The summed E-state index contributed by atoms with van der Waals surface area (Å²) in [6, 6.07) is 1.10. The van der Waals surface area contributed by atoms with E-state index in [1.807, 2.05) is 6.92 Å². The fraction of sp³-hybridized carbons (Fsp3) is 0.630. The summed E-state index contributed by atoms with van der Waals surface area (Å²) < 4.78 is 80.5. The second kappa shape index (κ2) is 8.89. The maximum absolute atomic E-state index is 13.6. The van der Waals surface area contributed by atoms with Gasteiger partial charge in [-0.25, -0.2) is 0 Å². The van der Waals surface area contributed by atoms with Crippen LogP contribution in [0, 0.1) is 34.5 Å². The van der Waals surface area contributed by atoms with Crippen molar-refractivity contribution >= 4 is 29.0 Å². The van der Waals surface area contributed by atoms with Crippen LogP contribution in [0.5, 0.6) is 0 Å². The number of Topliss-reactive ketones (excluding diaryl/α,β-unsaturated/α-hetero) is 1. The predicted octanol–water partition coefficient (Wildman–Crippen LogP) is 7.14. The molecule has 1 aromatic carbocycles. The topological polar surface area (TPSA) is 58.2 Å². The third kappa shape index (κ3) is 4.21. The normalized spacial score (nSPS) is 35.2. The molecule has 0 aromatic heterocycles. The van der Waals surface area contributed by atoms with Gasteiger partial charge >= 0.3 is 12.4 Å². The van der Waals surface area contributed by atoms with E-state index in [2.05, 4.69) is 17.6 Å². The van der Waals surface area contributed by atoms with Gasteiger partial charge in [-0.2, -0.15) is 26.3 Å². The van der Waals surface area contributed by atoms with Gasteiger partial charge in [-0.05, 0) is 73.5 Å². The zero-order valence-corrected chi connectivity index (χ0v) is 21.7. The zero-order valence-electron chi connectivity index (χ0n) is 21.0. The molecular weight excluding hydrogens is 534 g/mol. The largest absolute Gasteiger partial charge is 0.418 e. The molecule has 0 radical (unpaired) electrons. The Hall–Kier alpha value is -2.23. The fourth-order valence-electron chi connectivity index (χ4n) is 7.95. The van der Waals surface area contributed by atoms with E-state index >= 15 is 0 Å². The molecule has 0 unspecified atom stereocenters. The molecule has 208 valence electrons. The van der Waals surface area contributed by atoms with Crippen molar-refractivity contribution in [2.45, 2.75) is 64.7 Å². The van der Waals surface area contributed by atoms with Crippen molar-refractivity contribution in [3.8, 4) is 0 Å². The van der Waals surface area contributed by atoms with Gasteiger partial charge in [0.15, 0.2) is 5.78 Å². The summed E-state index contributed by atoms with van der Waals surface area (Å²) in [6.07, 6.45) is -6.19. The Balaban J connectivity index is 1.41. The summed E-state index contributed by atoms with van der Waals surface area (Å²) in [4.78, 5) is 25.6. The SMILES string of the molecule is C[C@]12CC[C@H]3[C@@H](CNC4=C(Cl)C(=O)CC[C@@]43C)[C@@H]1CC[C@@H]2C(=O)Nc1cc(C(F)(F)F)ccc1C(F)(F)F. The minimum atomic E-state index is -4.93. The summed E-state index contributed by atoms with van der Waals surface area (Å²) in [5.74, 6) is -0.873. The molecule has 3 aliphatic carbocycles. The lowest BCUT2D eigenvalue weighted by atomic mass is 9.50. The van der Waals surface area contributed by atoms with Crippen molar-refractivity contribution in [2.24, 2.45) is 34.5 Å². The van der Waals surface area contributed by atoms with Crippen molar-refractivity contribution in [1.82, 2.24) is 5.32 Å². The maximum Gasteiger partial charge on any atom is 0.418 e. The number of ketones is 1. The number of hydrogen-bond acceptors (Lipinski definition) is 3. The Labute approximate surface area is 221 Å². The number of benzene rings is 1. The molecule has 6 atom stereocenters. The third-order valence-corrected chi connectivity index (χ3v) is 10.3. The first-order valence-electron chi connectivity index (χ1n) is 12.8. The lowest BCUT2D eigenvalue weighted by Crippen LogP contribution is -2.57. The highest BCUT2D eigenvalue weighted by Gasteiger charge is 2.61. The van der Waals surface area contributed by atoms with E-state index in [1.54, 1.807) is 0 Å². The molecule has 2 saturated carbocycles. The van der Waals surface area contributed by atoms with Gasteiger partial charge in [0, 0.05) is 30.0 Å². The van der Waals surface area contributed by atoms with Gasteiger partial charge < -0.3 is 10.6 Å². The first-order valence-corrected chi connectivity index (χ1v) is 13.2. The molecule has 1 aromatic rings. The number of rotatable bonds is 2. The Morgan fingerprint density at radius 1 is 1.03 bits per heavy atom. The average molecular weight is 563 g/mol. The van der Waals surface area contributed by atoms with E-state index in [0.29, 0.717) is 56.8 Å². The molecule has 1 heterocycles. The number of nitrogens with one attached hydrogen (secondary N) is 2. The smallest absolute Gasteiger partial charge is 0.386 e. The van der Waals surface area contributed by atoms with Crippen molar-refractivity contribution in [3.05, 3.63) is 40.1 Å². The number of halogens is 7. The van der Waals surface area contributed by atoms with Crippen molar-refractivity contribution in [3.63, 3.8) is 0 Å². The number of alkyl halides is 6. The average Bonchev–Trinajstić information content (AvgIpc) is 3.18. The summed E-state index contributed by atoms with van der Waals surface area (Å²) in [6.45, 7) is 4.68. The minimum absolute atomic E-state index is 0.0730. The molecule has 0 spiro atoms. The first kappa shape index (κ1) is 27.3. The Kier molecular flexibility index (Phi) is 6.40. The van der Waals surface area contributed by atoms with E-state index in [9.17, 15) is 35.9 Å². The van der Waals surface area contributed by atoms with Crippen LogP contribution in [0.1, 0.15) is 63.5 Å². The molecule has 1 aliphatic heterocycles. The minimum Gasteiger partial charge on any atom is -0.386 e. The number of carbonyl (C=O) groups excluding carboxylic acids is 2. The highest BCUT2D eigenvalue weighted by Crippen LogP contribution is 2.64. The van der Waals surface area contributed by atoms with Gasteiger partial charge in [0.05, 0.1) is 16.8 Å². The van der Waals surface area contributed by atoms with Crippen LogP contribution < -0.4 is 10.6 Å². The lowest BCUT2D eigenvalue weighted by Gasteiger charge is -2.58. The molecule has 2 N–H and O–H groups in total. The molecule has 5 rings (SSSR count). The van der Waals surface area contributed by atoms with Crippen molar-refractivity contribution in [2.75, 3.05) is 11.9 Å². The quantitative estimate of drug-likeness (QED) is 0.377. The van der Waals surface area contributed by atoms with Crippen LogP contribution in [0.4, 0.5) is 32.0 Å². The Morgan fingerprint density at radius 2 is 1.74 bits per heavy atom. The summed E-state index contributed by atoms with van der Waals surface area (Å²) in [5, 5.41) is 5.88. The van der Waals surface area contributed by atoms with Crippen LogP contribution in [0.25, 0.3) is 0 Å². The van der Waals surface area contributed by atoms with E-state index in [4.69, 9.17) is 11.6 Å². The van der Waals surface area contributed by atoms with Crippen LogP contribution in [-0.4, -0.2) is 18.2 Å². The second-order valence-corrected chi connectivity index (χ2v) is 12.1. The summed E-state index contributed by atoms with van der Waals surface area (Å²) in [7, 11) is 0. The Morgan fingerprint density at radius 3 is 2.39 bits per heavy atom. The Bertz CT molecular complexity index is 1210. The summed E-state index contributed by atoms with van der Waals surface area (Å²) in [5.41, 5.74) is -3.46. The van der Waals surface area contributed by atoms with Crippen LogP contribution in [-0.2, 0) is 21.9 Å². The van der Waals surface area contributed by atoms with Gasteiger partial charge in [-0.1, -0.05) is 25.4 Å². The van der Waals surface area contributed by atoms with Gasteiger partial charge in [0.25, 0.3) is 0 Å². The fourth-order valence-corrected chi connectivity index (χ4v) is 8.33. The molecule has 38 heavy (non-hydrogen) atoms. The maximum atomic E-state index is 13.6. The lowest BCUT2D eigenvalue weighted by molar-refractivity contribution is -0.141. The van der Waals surface area contributed by atoms with Crippen LogP contribution >= 0.6 is 11.6 Å². The first-order chi connectivity index (χ1) is 17.6. The molecular formula is C27H29ClF6N2O2. The van der Waals surface area contributed by atoms with E-state index in [1.165, 1.54) is 0 Å². The second-order valence-electron chi connectivity index (χ2n) is 11.7. The third-order valence-electron chi connectivity index (χ3n) is 9.90. The number of piperidine rings is 1. The molecule has 1 saturated heterocycles. The van der Waals surface area contributed by atoms with Gasteiger partial charge in [0.2, 0.25) is 5.91 Å². The predicted molar refractivity (Wildman–Crippen MR) is 129 cm³/mol. The monoisotopic (exact) mass is 562 g/mol.